The van der Waals surface area contributed by atoms with Crippen LogP contribution in [0.2, 0.25) is 0 Å². The molecule has 0 aliphatic carbocycles. The van der Waals surface area contributed by atoms with Crippen LogP contribution < -0.4 is 0 Å². The molecule has 1 aromatic carbocycles. The highest BCUT2D eigenvalue weighted by Crippen LogP contribution is 2.13. The van der Waals surface area contributed by atoms with E-state index in [4.69, 9.17) is 0 Å². The zero-order chi connectivity index (χ0) is 12.0. The SMILES string of the molecule is CCCCCS(=O)(=O)Cc1ccccc1C. The van der Waals surface area contributed by atoms with Crippen molar-refractivity contribution in [1.82, 2.24) is 0 Å². The molecule has 0 saturated carbocycles. The topological polar surface area (TPSA) is 34.1 Å². The smallest absolute Gasteiger partial charge is 0.154 e. The molecule has 0 aliphatic heterocycles. The number of benzene rings is 1. The van der Waals surface area contributed by atoms with Crippen molar-refractivity contribution in [2.75, 3.05) is 5.75 Å². The molecule has 1 aromatic rings. The molecule has 0 fully saturated rings. The highest BCUT2D eigenvalue weighted by molar-refractivity contribution is 7.90. The molecule has 0 spiro atoms. The van der Waals surface area contributed by atoms with Gasteiger partial charge in [0, 0.05) is 0 Å². The van der Waals surface area contributed by atoms with Crippen molar-refractivity contribution in [2.24, 2.45) is 0 Å². The standard InChI is InChI=1S/C13H20O2S/c1-3-4-7-10-16(14,15)11-13-9-6-5-8-12(13)2/h5-6,8-9H,3-4,7,10-11H2,1-2H3. The summed E-state index contributed by atoms with van der Waals surface area (Å²) in [6.07, 6.45) is 2.83. The summed E-state index contributed by atoms with van der Waals surface area (Å²) in [5.74, 6) is 0.499. The Labute approximate surface area is 98.6 Å². The summed E-state index contributed by atoms with van der Waals surface area (Å²) in [7, 11) is -2.93. The second-order valence-electron chi connectivity index (χ2n) is 4.23. The van der Waals surface area contributed by atoms with E-state index in [0.29, 0.717) is 5.75 Å². The van der Waals surface area contributed by atoms with E-state index in [2.05, 4.69) is 6.92 Å². The quantitative estimate of drug-likeness (QED) is 0.716. The van der Waals surface area contributed by atoms with Gasteiger partial charge in [0.25, 0.3) is 0 Å². The number of hydrogen-bond donors (Lipinski definition) is 0. The molecule has 0 aromatic heterocycles. The summed E-state index contributed by atoms with van der Waals surface area (Å²) in [6, 6.07) is 7.68. The molecule has 90 valence electrons. The highest BCUT2D eigenvalue weighted by Gasteiger charge is 2.12. The van der Waals surface area contributed by atoms with Crippen molar-refractivity contribution in [1.29, 1.82) is 0 Å². The van der Waals surface area contributed by atoms with Gasteiger partial charge in [-0.3, -0.25) is 0 Å². The van der Waals surface area contributed by atoms with Crippen molar-refractivity contribution < 1.29 is 8.42 Å². The Morgan fingerprint density at radius 2 is 1.81 bits per heavy atom. The molecule has 0 N–H and O–H groups in total. The van der Waals surface area contributed by atoms with Crippen LogP contribution >= 0.6 is 0 Å². The largest absolute Gasteiger partial charge is 0.228 e. The van der Waals surface area contributed by atoms with E-state index >= 15 is 0 Å². The Kier molecular flexibility index (Phi) is 5.00. The third-order valence-electron chi connectivity index (χ3n) is 2.70. The van der Waals surface area contributed by atoms with Crippen molar-refractivity contribution >= 4 is 9.84 Å². The number of hydrogen-bond acceptors (Lipinski definition) is 2. The predicted molar refractivity (Wildman–Crippen MR) is 68.2 cm³/mol. The van der Waals surface area contributed by atoms with Crippen LogP contribution in [-0.4, -0.2) is 14.2 Å². The summed E-state index contributed by atoms with van der Waals surface area (Å²) < 4.78 is 23.7. The van der Waals surface area contributed by atoms with Crippen molar-refractivity contribution in [2.45, 2.75) is 38.9 Å². The fourth-order valence-electron chi connectivity index (χ4n) is 1.65. The van der Waals surface area contributed by atoms with Crippen LogP contribution in [0.5, 0.6) is 0 Å². The van der Waals surface area contributed by atoms with Crippen LogP contribution in [0, 0.1) is 6.92 Å². The summed E-state index contributed by atoms with van der Waals surface area (Å²) in [5.41, 5.74) is 1.99. The number of rotatable bonds is 6. The number of aryl methyl sites for hydroxylation is 1. The lowest BCUT2D eigenvalue weighted by atomic mass is 10.1. The normalized spacial score (nSPS) is 11.6. The van der Waals surface area contributed by atoms with Crippen molar-refractivity contribution in [3.8, 4) is 0 Å². The van der Waals surface area contributed by atoms with Crippen LogP contribution in [0.25, 0.3) is 0 Å². The van der Waals surface area contributed by atoms with Gasteiger partial charge in [0.2, 0.25) is 0 Å². The first kappa shape index (κ1) is 13.2. The zero-order valence-corrected chi connectivity index (χ0v) is 10.9. The molecule has 0 heterocycles. The Balaban J connectivity index is 2.63. The van der Waals surface area contributed by atoms with Gasteiger partial charge in [0.15, 0.2) is 9.84 Å². The first-order chi connectivity index (χ1) is 7.55. The van der Waals surface area contributed by atoms with E-state index < -0.39 is 9.84 Å². The summed E-state index contributed by atoms with van der Waals surface area (Å²) in [6.45, 7) is 4.03. The Morgan fingerprint density at radius 1 is 1.12 bits per heavy atom. The van der Waals surface area contributed by atoms with Gasteiger partial charge >= 0.3 is 0 Å². The molecule has 0 bridgehead atoms. The monoisotopic (exact) mass is 240 g/mol. The molecule has 0 amide bonds. The molecular weight excluding hydrogens is 220 g/mol. The minimum absolute atomic E-state index is 0.184. The van der Waals surface area contributed by atoms with E-state index in [1.54, 1.807) is 0 Å². The molecular formula is C13H20O2S. The van der Waals surface area contributed by atoms with Gasteiger partial charge < -0.3 is 0 Å². The van der Waals surface area contributed by atoms with Crippen molar-refractivity contribution in [3.63, 3.8) is 0 Å². The second-order valence-corrected chi connectivity index (χ2v) is 6.41. The molecule has 1 rings (SSSR count). The van der Waals surface area contributed by atoms with E-state index in [9.17, 15) is 8.42 Å². The van der Waals surface area contributed by atoms with Crippen LogP contribution in [0.4, 0.5) is 0 Å². The van der Waals surface area contributed by atoms with Crippen LogP contribution in [0.3, 0.4) is 0 Å². The maximum atomic E-state index is 11.8. The first-order valence-corrected chi connectivity index (χ1v) is 7.62. The lowest BCUT2D eigenvalue weighted by molar-refractivity contribution is 0.590. The summed E-state index contributed by atoms with van der Waals surface area (Å²) >= 11 is 0. The molecule has 0 unspecified atom stereocenters. The van der Waals surface area contributed by atoms with Gasteiger partial charge in [-0.25, -0.2) is 8.42 Å². The minimum atomic E-state index is -2.93. The highest BCUT2D eigenvalue weighted by atomic mass is 32.2. The van der Waals surface area contributed by atoms with Gasteiger partial charge in [-0.2, -0.15) is 0 Å². The molecule has 16 heavy (non-hydrogen) atoms. The van der Waals surface area contributed by atoms with Crippen LogP contribution in [-0.2, 0) is 15.6 Å². The fourth-order valence-corrected chi connectivity index (χ4v) is 3.24. The Morgan fingerprint density at radius 3 is 2.44 bits per heavy atom. The van der Waals surface area contributed by atoms with Crippen LogP contribution in [0.1, 0.15) is 37.3 Å². The minimum Gasteiger partial charge on any atom is -0.228 e. The average molecular weight is 240 g/mol. The lowest BCUT2D eigenvalue weighted by Crippen LogP contribution is -2.10. The molecule has 2 nitrogen and oxygen atoms in total. The van der Waals surface area contributed by atoms with E-state index in [0.717, 1.165) is 30.4 Å². The molecule has 0 atom stereocenters. The van der Waals surface area contributed by atoms with E-state index in [1.807, 2.05) is 31.2 Å². The van der Waals surface area contributed by atoms with Crippen molar-refractivity contribution in [3.05, 3.63) is 35.4 Å². The van der Waals surface area contributed by atoms with E-state index in [1.165, 1.54) is 0 Å². The maximum absolute atomic E-state index is 11.8. The maximum Gasteiger partial charge on any atom is 0.154 e. The summed E-state index contributed by atoms with van der Waals surface area (Å²) in [4.78, 5) is 0. The number of unbranched alkanes of at least 4 members (excludes halogenated alkanes) is 2. The summed E-state index contributed by atoms with van der Waals surface area (Å²) in [5, 5.41) is 0. The first-order valence-electron chi connectivity index (χ1n) is 5.80. The molecule has 0 radical (unpaired) electrons. The predicted octanol–water partition coefficient (Wildman–Crippen LogP) is 3.10. The molecule has 0 aliphatic rings. The van der Waals surface area contributed by atoms with Gasteiger partial charge in [0.05, 0.1) is 11.5 Å². The molecule has 3 heteroatoms. The van der Waals surface area contributed by atoms with Gasteiger partial charge in [-0.05, 0) is 24.5 Å². The van der Waals surface area contributed by atoms with Gasteiger partial charge in [-0.15, -0.1) is 0 Å². The lowest BCUT2D eigenvalue weighted by Gasteiger charge is -2.06. The van der Waals surface area contributed by atoms with E-state index in [-0.39, 0.29) is 5.75 Å². The van der Waals surface area contributed by atoms with Crippen LogP contribution in [0.15, 0.2) is 24.3 Å². The number of sulfone groups is 1. The van der Waals surface area contributed by atoms with Gasteiger partial charge in [-0.1, -0.05) is 44.0 Å². The Bertz CT molecular complexity index is 421. The molecule has 0 saturated heterocycles. The second kappa shape index (κ2) is 6.04. The van der Waals surface area contributed by atoms with Gasteiger partial charge in [0.1, 0.15) is 0 Å². The third kappa shape index (κ3) is 4.35. The third-order valence-corrected chi connectivity index (χ3v) is 4.36. The fraction of sp³-hybridized carbons (Fsp3) is 0.538. The average Bonchev–Trinajstić information content (AvgIpc) is 2.21. The zero-order valence-electron chi connectivity index (χ0n) is 10.1. The Hall–Kier alpha value is -0.830.